The second-order valence-electron chi connectivity index (χ2n) is 8.21. The Kier molecular flexibility index (Phi) is 7.14. The molecule has 1 aliphatic rings. The van der Waals surface area contributed by atoms with Crippen molar-refractivity contribution in [3.05, 3.63) is 95.8 Å². The molecule has 1 unspecified atom stereocenters. The van der Waals surface area contributed by atoms with E-state index in [0.29, 0.717) is 29.8 Å². The standard InChI is InChI=1S/C25H28N4O4S/c1-33-23-13-11-22(12-14-23)25(28-34(31,32)18-21-9-5-15-26-17-21)19-27-24(30)29(25)16-6-10-20-7-3-2-4-8-20/h2-5,7-9,11-15,17,28H,6,10,16,18-19H2,1H3,(H,27,30). The number of nitrogens with one attached hydrogen (secondary N) is 2. The van der Waals surface area contributed by atoms with Crippen molar-refractivity contribution >= 4 is 16.1 Å². The van der Waals surface area contributed by atoms with E-state index in [-0.39, 0.29) is 18.3 Å². The number of ether oxygens (including phenoxy) is 1. The summed E-state index contributed by atoms with van der Waals surface area (Å²) in [6.07, 6.45) is 4.57. The van der Waals surface area contributed by atoms with E-state index in [1.54, 1.807) is 54.6 Å². The van der Waals surface area contributed by atoms with Crippen molar-refractivity contribution in [3.8, 4) is 5.75 Å². The summed E-state index contributed by atoms with van der Waals surface area (Å²) in [5, 5.41) is 2.84. The second-order valence-corrected chi connectivity index (χ2v) is 9.93. The molecule has 1 saturated heterocycles. The molecule has 0 spiro atoms. The molecule has 2 heterocycles. The van der Waals surface area contributed by atoms with Gasteiger partial charge in [0, 0.05) is 18.9 Å². The van der Waals surface area contributed by atoms with Crippen molar-refractivity contribution in [3.63, 3.8) is 0 Å². The van der Waals surface area contributed by atoms with Crippen LogP contribution in [0.15, 0.2) is 79.1 Å². The van der Waals surface area contributed by atoms with E-state index < -0.39 is 15.7 Å². The van der Waals surface area contributed by atoms with Gasteiger partial charge in [-0.05, 0) is 47.7 Å². The quantitative estimate of drug-likeness (QED) is 0.465. The molecule has 34 heavy (non-hydrogen) atoms. The lowest BCUT2D eigenvalue weighted by Crippen LogP contribution is -2.57. The van der Waals surface area contributed by atoms with Gasteiger partial charge in [0.15, 0.2) is 5.66 Å². The minimum Gasteiger partial charge on any atom is -0.497 e. The third-order valence-electron chi connectivity index (χ3n) is 5.86. The zero-order valence-electron chi connectivity index (χ0n) is 19.0. The smallest absolute Gasteiger partial charge is 0.319 e. The number of amides is 2. The Hall–Kier alpha value is -3.43. The molecule has 9 heteroatoms. The Morgan fingerprint density at radius 3 is 2.47 bits per heavy atom. The highest BCUT2D eigenvalue weighted by atomic mass is 32.2. The lowest BCUT2D eigenvalue weighted by Gasteiger charge is -2.38. The summed E-state index contributed by atoms with van der Waals surface area (Å²) in [7, 11) is -2.26. The molecule has 1 atom stereocenters. The Labute approximate surface area is 200 Å². The van der Waals surface area contributed by atoms with Gasteiger partial charge in [0.1, 0.15) is 5.75 Å². The first-order valence-electron chi connectivity index (χ1n) is 11.1. The normalized spacial score (nSPS) is 18.0. The van der Waals surface area contributed by atoms with Gasteiger partial charge in [0.2, 0.25) is 10.0 Å². The SMILES string of the molecule is COc1ccc(C2(NS(=O)(=O)Cc3cccnc3)CNC(=O)N2CCCc2ccccc2)cc1. The molecular formula is C25H28N4O4S. The maximum Gasteiger partial charge on any atom is 0.319 e. The Bertz CT molecular complexity index is 1200. The summed E-state index contributed by atoms with van der Waals surface area (Å²) in [5.41, 5.74) is 1.12. The van der Waals surface area contributed by atoms with Crippen LogP contribution < -0.4 is 14.8 Å². The van der Waals surface area contributed by atoms with E-state index in [2.05, 4.69) is 15.0 Å². The topological polar surface area (TPSA) is 101 Å². The van der Waals surface area contributed by atoms with Gasteiger partial charge in [-0.1, -0.05) is 48.5 Å². The van der Waals surface area contributed by atoms with Crippen molar-refractivity contribution in [2.45, 2.75) is 24.3 Å². The van der Waals surface area contributed by atoms with Crippen molar-refractivity contribution in [1.29, 1.82) is 0 Å². The number of hydrogen-bond donors (Lipinski definition) is 2. The molecule has 2 N–H and O–H groups in total. The van der Waals surface area contributed by atoms with E-state index in [1.807, 2.05) is 30.3 Å². The van der Waals surface area contributed by atoms with E-state index in [4.69, 9.17) is 4.74 Å². The van der Waals surface area contributed by atoms with Crippen LogP contribution in [0.1, 0.15) is 23.1 Å². The molecule has 0 bridgehead atoms. The van der Waals surface area contributed by atoms with Crippen molar-refractivity contribution in [2.75, 3.05) is 20.2 Å². The van der Waals surface area contributed by atoms with E-state index >= 15 is 0 Å². The van der Waals surface area contributed by atoms with Crippen LogP contribution in [-0.2, 0) is 27.9 Å². The number of methoxy groups -OCH3 is 1. The molecule has 0 saturated carbocycles. The lowest BCUT2D eigenvalue weighted by molar-refractivity contribution is 0.144. The van der Waals surface area contributed by atoms with Gasteiger partial charge < -0.3 is 10.1 Å². The van der Waals surface area contributed by atoms with Gasteiger partial charge in [-0.2, -0.15) is 4.72 Å². The number of urea groups is 1. The third kappa shape index (κ3) is 5.37. The average molecular weight is 481 g/mol. The number of hydrogen-bond acceptors (Lipinski definition) is 5. The number of rotatable bonds is 10. The Morgan fingerprint density at radius 1 is 1.06 bits per heavy atom. The lowest BCUT2D eigenvalue weighted by atomic mass is 9.99. The van der Waals surface area contributed by atoms with Gasteiger partial charge in [0.05, 0.1) is 19.4 Å². The maximum atomic E-state index is 13.3. The van der Waals surface area contributed by atoms with Crippen LogP contribution in [0.3, 0.4) is 0 Å². The first-order valence-corrected chi connectivity index (χ1v) is 12.7. The second kappa shape index (κ2) is 10.2. The van der Waals surface area contributed by atoms with Gasteiger partial charge in [0.25, 0.3) is 0 Å². The Morgan fingerprint density at radius 2 is 1.79 bits per heavy atom. The number of pyridine rings is 1. The number of aryl methyl sites for hydroxylation is 1. The van der Waals surface area contributed by atoms with Crippen LogP contribution in [0, 0.1) is 0 Å². The summed E-state index contributed by atoms with van der Waals surface area (Å²) >= 11 is 0. The van der Waals surface area contributed by atoms with Gasteiger partial charge >= 0.3 is 6.03 Å². The summed E-state index contributed by atoms with van der Waals surface area (Å²) in [5.74, 6) is 0.398. The predicted octanol–water partition coefficient (Wildman–Crippen LogP) is 3.02. The summed E-state index contributed by atoms with van der Waals surface area (Å²) in [4.78, 5) is 18.5. The van der Waals surface area contributed by atoms with Crippen molar-refractivity contribution in [2.24, 2.45) is 0 Å². The number of benzene rings is 2. The third-order valence-corrected chi connectivity index (χ3v) is 7.22. The van der Waals surface area contributed by atoms with E-state index in [9.17, 15) is 13.2 Å². The van der Waals surface area contributed by atoms with Crippen molar-refractivity contribution in [1.82, 2.24) is 19.9 Å². The first kappa shape index (κ1) is 23.7. The summed E-state index contributed by atoms with van der Waals surface area (Å²) < 4.78 is 34.7. The fourth-order valence-corrected chi connectivity index (χ4v) is 5.71. The molecule has 1 aromatic heterocycles. The zero-order valence-corrected chi connectivity index (χ0v) is 19.8. The zero-order chi connectivity index (χ0) is 24.0. The van der Waals surface area contributed by atoms with E-state index in [1.165, 1.54) is 6.20 Å². The molecule has 178 valence electrons. The van der Waals surface area contributed by atoms with Crippen molar-refractivity contribution < 1.29 is 17.9 Å². The number of carbonyl (C=O) groups excluding carboxylic acids is 1. The highest BCUT2D eigenvalue weighted by Crippen LogP contribution is 2.32. The summed E-state index contributed by atoms with van der Waals surface area (Å²) in [6.45, 7) is 0.484. The molecule has 0 radical (unpaired) electrons. The van der Waals surface area contributed by atoms with Crippen LogP contribution in [0.4, 0.5) is 4.79 Å². The first-order chi connectivity index (χ1) is 16.4. The maximum absolute atomic E-state index is 13.3. The molecule has 8 nitrogen and oxygen atoms in total. The van der Waals surface area contributed by atoms with Gasteiger partial charge in [-0.25, -0.2) is 13.2 Å². The molecule has 4 rings (SSSR count). The molecular weight excluding hydrogens is 452 g/mol. The minimum absolute atomic E-state index is 0.107. The molecule has 1 fully saturated rings. The fourth-order valence-electron chi connectivity index (χ4n) is 4.22. The van der Waals surface area contributed by atoms with Crippen LogP contribution in [0.2, 0.25) is 0 Å². The number of aromatic nitrogens is 1. The number of sulfonamides is 1. The summed E-state index contributed by atoms with van der Waals surface area (Å²) in [6, 6.07) is 20.2. The molecule has 0 aliphatic carbocycles. The highest BCUT2D eigenvalue weighted by molar-refractivity contribution is 7.88. The van der Waals surface area contributed by atoms with Crippen LogP contribution in [0.25, 0.3) is 0 Å². The number of nitrogens with zero attached hydrogens (tertiary/aromatic N) is 2. The molecule has 3 aromatic rings. The average Bonchev–Trinajstić information content (AvgIpc) is 3.15. The Balaban J connectivity index is 1.63. The highest BCUT2D eigenvalue weighted by Gasteiger charge is 2.49. The molecule has 1 aliphatic heterocycles. The van der Waals surface area contributed by atoms with E-state index in [0.717, 1.165) is 12.0 Å². The predicted molar refractivity (Wildman–Crippen MR) is 130 cm³/mol. The monoisotopic (exact) mass is 480 g/mol. The molecule has 2 amide bonds. The van der Waals surface area contributed by atoms with Crippen LogP contribution in [-0.4, -0.2) is 44.5 Å². The fraction of sp³-hybridized carbons (Fsp3) is 0.280. The number of carbonyl (C=O) groups is 1. The van der Waals surface area contributed by atoms with Crippen LogP contribution >= 0.6 is 0 Å². The minimum atomic E-state index is -3.83. The van der Waals surface area contributed by atoms with Crippen LogP contribution in [0.5, 0.6) is 5.75 Å². The van der Waals surface area contributed by atoms with Gasteiger partial charge in [-0.15, -0.1) is 0 Å². The largest absolute Gasteiger partial charge is 0.497 e. The molecule has 2 aromatic carbocycles. The van der Waals surface area contributed by atoms with Gasteiger partial charge in [-0.3, -0.25) is 9.88 Å².